The van der Waals surface area contributed by atoms with Crippen LogP contribution in [0.2, 0.25) is 5.02 Å². The number of aromatic amines is 1. The monoisotopic (exact) mass is 573 g/mol. The second kappa shape index (κ2) is 10.3. The SMILES string of the molecule is Cc1ccc(C2CC(c3c(-c4ccc(Cl)cc4)c4ccccc4[nH]c3=O)=NN2C(=O)C(F)(F)Cn2cnnn2)cc1. The number of nitrogens with one attached hydrogen (secondary N) is 1. The van der Waals surface area contributed by atoms with Crippen LogP contribution >= 0.6 is 11.6 Å². The fraction of sp³-hybridized carbons (Fsp3) is 0.172. The number of carbonyl (C=O) groups excluding carboxylic acids is 1. The Morgan fingerprint density at radius 1 is 1.05 bits per heavy atom. The van der Waals surface area contributed by atoms with Gasteiger partial charge in [0.2, 0.25) is 0 Å². The Hall–Kier alpha value is -4.77. The molecule has 6 rings (SSSR count). The van der Waals surface area contributed by atoms with Gasteiger partial charge in [0.25, 0.3) is 5.56 Å². The van der Waals surface area contributed by atoms with E-state index in [9.17, 15) is 9.59 Å². The zero-order valence-corrected chi connectivity index (χ0v) is 22.4. The lowest BCUT2D eigenvalue weighted by molar-refractivity contribution is -0.161. The molecule has 0 radical (unpaired) electrons. The summed E-state index contributed by atoms with van der Waals surface area (Å²) >= 11 is 6.14. The van der Waals surface area contributed by atoms with Crippen LogP contribution in [0, 0.1) is 6.92 Å². The minimum Gasteiger partial charge on any atom is -0.321 e. The number of H-pyrrole nitrogens is 1. The third-order valence-electron chi connectivity index (χ3n) is 6.99. The summed E-state index contributed by atoms with van der Waals surface area (Å²) in [5, 5.41) is 16.6. The van der Waals surface area contributed by atoms with Crippen LogP contribution < -0.4 is 5.56 Å². The predicted octanol–water partition coefficient (Wildman–Crippen LogP) is 5.16. The van der Waals surface area contributed by atoms with E-state index in [2.05, 4.69) is 25.6 Å². The summed E-state index contributed by atoms with van der Waals surface area (Å²) in [6.07, 6.45) is 1.04. The topological polar surface area (TPSA) is 109 Å². The summed E-state index contributed by atoms with van der Waals surface area (Å²) in [4.78, 5) is 29.9. The molecule has 5 aromatic rings. The lowest BCUT2D eigenvalue weighted by Crippen LogP contribution is -2.44. The maximum Gasteiger partial charge on any atom is 0.345 e. The van der Waals surface area contributed by atoms with Crippen LogP contribution in [0.3, 0.4) is 0 Å². The molecule has 1 aliphatic rings. The number of alkyl halides is 2. The summed E-state index contributed by atoms with van der Waals surface area (Å²) in [5.74, 6) is -5.41. The number of benzene rings is 3. The Labute approximate surface area is 237 Å². The van der Waals surface area contributed by atoms with Crippen LogP contribution in [0.15, 0.2) is 89.0 Å². The molecule has 12 heteroatoms. The van der Waals surface area contributed by atoms with E-state index in [-0.39, 0.29) is 17.7 Å². The van der Waals surface area contributed by atoms with Gasteiger partial charge in [0.05, 0.1) is 17.3 Å². The van der Waals surface area contributed by atoms with Crippen molar-refractivity contribution in [3.8, 4) is 11.1 Å². The van der Waals surface area contributed by atoms with Crippen LogP contribution in [0.5, 0.6) is 0 Å². The summed E-state index contributed by atoms with van der Waals surface area (Å²) < 4.78 is 31.4. The number of amides is 1. The van der Waals surface area contributed by atoms with Gasteiger partial charge < -0.3 is 4.98 Å². The third-order valence-corrected chi connectivity index (χ3v) is 7.24. The summed E-state index contributed by atoms with van der Waals surface area (Å²) in [7, 11) is 0. The van der Waals surface area contributed by atoms with Crippen molar-refractivity contribution in [3.05, 3.63) is 111 Å². The average molecular weight is 574 g/mol. The van der Waals surface area contributed by atoms with Crippen molar-refractivity contribution in [1.82, 2.24) is 30.2 Å². The molecule has 1 unspecified atom stereocenters. The van der Waals surface area contributed by atoms with Gasteiger partial charge in [-0.15, -0.1) is 5.10 Å². The molecule has 0 saturated heterocycles. The van der Waals surface area contributed by atoms with Gasteiger partial charge in [0, 0.05) is 27.9 Å². The van der Waals surface area contributed by atoms with Gasteiger partial charge in [0.1, 0.15) is 12.9 Å². The quantitative estimate of drug-likeness (QED) is 0.302. The lowest BCUT2D eigenvalue weighted by Gasteiger charge is -2.26. The van der Waals surface area contributed by atoms with Crippen molar-refractivity contribution in [3.63, 3.8) is 0 Å². The van der Waals surface area contributed by atoms with Crippen molar-refractivity contribution >= 4 is 34.1 Å². The summed E-state index contributed by atoms with van der Waals surface area (Å²) in [5.41, 5.74) is 3.37. The second-order valence-electron chi connectivity index (χ2n) is 9.80. The number of aryl methyl sites for hydroxylation is 1. The number of para-hydroxylation sites is 1. The van der Waals surface area contributed by atoms with Crippen LogP contribution in [0.25, 0.3) is 22.0 Å². The molecule has 9 nitrogen and oxygen atoms in total. The highest BCUT2D eigenvalue weighted by molar-refractivity contribution is 6.30. The Kier molecular flexibility index (Phi) is 6.66. The largest absolute Gasteiger partial charge is 0.345 e. The number of halogens is 3. The number of hydrazone groups is 1. The number of aromatic nitrogens is 5. The number of nitrogens with zero attached hydrogens (tertiary/aromatic N) is 6. The Morgan fingerprint density at radius 2 is 1.78 bits per heavy atom. The highest BCUT2D eigenvalue weighted by Gasteiger charge is 2.48. The van der Waals surface area contributed by atoms with Crippen LogP contribution in [-0.2, 0) is 11.3 Å². The summed E-state index contributed by atoms with van der Waals surface area (Å²) in [6.45, 7) is 0.837. The third kappa shape index (κ3) is 5.00. The van der Waals surface area contributed by atoms with Crippen molar-refractivity contribution in [2.45, 2.75) is 31.9 Å². The summed E-state index contributed by atoms with van der Waals surface area (Å²) in [6, 6.07) is 20.6. The number of hydrogen-bond acceptors (Lipinski definition) is 6. The van der Waals surface area contributed by atoms with E-state index in [1.54, 1.807) is 48.5 Å². The van der Waals surface area contributed by atoms with E-state index in [1.165, 1.54) is 0 Å². The van der Waals surface area contributed by atoms with E-state index < -0.39 is 30.0 Å². The Morgan fingerprint density at radius 3 is 2.49 bits per heavy atom. The van der Waals surface area contributed by atoms with Gasteiger partial charge in [-0.2, -0.15) is 13.9 Å². The number of rotatable bonds is 6. The Bertz CT molecular complexity index is 1840. The molecular formula is C29H22ClF2N7O2. The van der Waals surface area contributed by atoms with Gasteiger partial charge in [-0.1, -0.05) is 71.8 Å². The molecule has 3 heterocycles. The first-order valence-electron chi connectivity index (χ1n) is 12.7. The number of fused-ring (bicyclic) bond motifs is 1. The molecule has 1 aliphatic heterocycles. The van der Waals surface area contributed by atoms with E-state index in [0.29, 0.717) is 27.2 Å². The minimum atomic E-state index is -3.88. The molecule has 2 aromatic heterocycles. The van der Waals surface area contributed by atoms with Gasteiger partial charge in [-0.3, -0.25) is 9.59 Å². The second-order valence-corrected chi connectivity index (χ2v) is 10.2. The van der Waals surface area contributed by atoms with Crippen LogP contribution in [0.1, 0.15) is 29.2 Å². The van der Waals surface area contributed by atoms with E-state index in [4.69, 9.17) is 11.6 Å². The molecule has 0 saturated carbocycles. The fourth-order valence-corrected chi connectivity index (χ4v) is 5.15. The number of pyridine rings is 1. The molecule has 0 bridgehead atoms. The molecule has 0 aliphatic carbocycles. The van der Waals surface area contributed by atoms with Gasteiger partial charge in [0.15, 0.2) is 0 Å². The van der Waals surface area contributed by atoms with Gasteiger partial charge >= 0.3 is 11.8 Å². The molecule has 41 heavy (non-hydrogen) atoms. The first-order valence-corrected chi connectivity index (χ1v) is 13.1. The van der Waals surface area contributed by atoms with Crippen LogP contribution in [0.4, 0.5) is 8.78 Å². The van der Waals surface area contributed by atoms with E-state index in [1.807, 2.05) is 31.2 Å². The molecule has 0 spiro atoms. The molecular weight excluding hydrogens is 552 g/mol. The van der Waals surface area contributed by atoms with Gasteiger partial charge in [-0.05, 0) is 46.7 Å². The first kappa shape index (κ1) is 26.5. The van der Waals surface area contributed by atoms with Crippen molar-refractivity contribution in [1.29, 1.82) is 0 Å². The van der Waals surface area contributed by atoms with Gasteiger partial charge in [-0.25, -0.2) is 9.69 Å². The molecule has 1 amide bonds. The number of hydrogen-bond donors (Lipinski definition) is 1. The number of carbonyl (C=O) groups is 1. The maximum absolute atomic E-state index is 15.3. The zero-order valence-electron chi connectivity index (χ0n) is 21.6. The van der Waals surface area contributed by atoms with Crippen LogP contribution in [-0.4, -0.2) is 47.7 Å². The number of tetrazole rings is 1. The Balaban J connectivity index is 1.52. The first-order chi connectivity index (χ1) is 19.7. The van der Waals surface area contributed by atoms with E-state index in [0.717, 1.165) is 27.0 Å². The fourth-order valence-electron chi connectivity index (χ4n) is 5.02. The van der Waals surface area contributed by atoms with E-state index >= 15 is 8.78 Å². The standard InChI is InChI=1S/C29H22ClF2N7O2/c1-17-6-8-18(9-7-17)24-14-23(35-39(24)28(41)29(31,32)15-38-16-33-36-37-38)26-25(19-10-12-20(30)13-11-19)21-4-2-3-5-22(21)34-27(26)40/h2-13,16,24H,14-15H2,1H3,(H,34,40). The normalized spacial score (nSPS) is 15.4. The minimum absolute atomic E-state index is 0.0395. The van der Waals surface area contributed by atoms with Crippen molar-refractivity contribution in [2.75, 3.05) is 0 Å². The highest BCUT2D eigenvalue weighted by Crippen LogP contribution is 2.39. The molecule has 1 N–H and O–H groups in total. The average Bonchev–Trinajstić information content (AvgIpc) is 3.63. The molecule has 1 atom stereocenters. The smallest absolute Gasteiger partial charge is 0.321 e. The zero-order chi connectivity index (χ0) is 28.7. The molecule has 3 aromatic carbocycles. The predicted molar refractivity (Wildman–Crippen MR) is 150 cm³/mol. The maximum atomic E-state index is 15.3. The molecule has 0 fully saturated rings. The highest BCUT2D eigenvalue weighted by atomic mass is 35.5. The van der Waals surface area contributed by atoms with Crippen molar-refractivity contribution in [2.24, 2.45) is 5.10 Å². The molecule has 206 valence electrons. The van der Waals surface area contributed by atoms with Crippen molar-refractivity contribution < 1.29 is 13.6 Å². The lowest BCUT2D eigenvalue weighted by atomic mass is 9.91.